The zero-order chi connectivity index (χ0) is 16.3. The van der Waals surface area contributed by atoms with Gasteiger partial charge in [0.2, 0.25) is 0 Å². The molecule has 122 valence electrons. The van der Waals surface area contributed by atoms with Gasteiger partial charge in [0.15, 0.2) is 0 Å². The van der Waals surface area contributed by atoms with Crippen LogP contribution in [-0.4, -0.2) is 53.6 Å². The lowest BCUT2D eigenvalue weighted by molar-refractivity contribution is -0.138. The average Bonchev–Trinajstić information content (AvgIpc) is 2.46. The number of hydrogen-bond donors (Lipinski definition) is 1. The number of piperidine rings is 1. The van der Waals surface area contributed by atoms with E-state index in [0.717, 1.165) is 12.8 Å². The Balaban J connectivity index is 1.98. The molecule has 1 aromatic rings. The van der Waals surface area contributed by atoms with Crippen LogP contribution in [0.15, 0.2) is 18.2 Å². The van der Waals surface area contributed by atoms with E-state index in [1.54, 1.807) is 7.05 Å². The van der Waals surface area contributed by atoms with E-state index in [0.29, 0.717) is 13.1 Å². The minimum absolute atomic E-state index is 0.0160. The Morgan fingerprint density at radius 1 is 1.36 bits per heavy atom. The Morgan fingerprint density at radius 2 is 1.91 bits per heavy atom. The van der Waals surface area contributed by atoms with Crippen LogP contribution in [0.4, 0.5) is 8.78 Å². The van der Waals surface area contributed by atoms with Gasteiger partial charge < -0.3 is 5.11 Å². The van der Waals surface area contributed by atoms with Crippen molar-refractivity contribution < 1.29 is 18.7 Å². The molecule has 0 amide bonds. The van der Waals surface area contributed by atoms with Crippen LogP contribution >= 0.6 is 0 Å². The predicted molar refractivity (Wildman–Crippen MR) is 79.6 cm³/mol. The first-order chi connectivity index (χ1) is 10.4. The molecule has 0 saturated carbocycles. The summed E-state index contributed by atoms with van der Waals surface area (Å²) in [6.07, 6.45) is 1.59. The van der Waals surface area contributed by atoms with Crippen molar-refractivity contribution in [3.05, 3.63) is 35.4 Å². The van der Waals surface area contributed by atoms with Crippen molar-refractivity contribution in [2.24, 2.45) is 0 Å². The first-order valence-electron chi connectivity index (χ1n) is 7.50. The highest BCUT2D eigenvalue weighted by atomic mass is 19.1. The number of likely N-dealkylation sites (tertiary alicyclic amines) is 1. The maximum atomic E-state index is 13.9. The summed E-state index contributed by atoms with van der Waals surface area (Å²) in [7, 11) is 1.80. The highest BCUT2D eigenvalue weighted by Gasteiger charge is 2.28. The fourth-order valence-corrected chi connectivity index (χ4v) is 3.15. The van der Waals surface area contributed by atoms with Crippen molar-refractivity contribution in [2.75, 3.05) is 26.7 Å². The second-order valence-electron chi connectivity index (χ2n) is 5.89. The van der Waals surface area contributed by atoms with Gasteiger partial charge in [-0.1, -0.05) is 6.07 Å². The minimum Gasteiger partial charge on any atom is -0.480 e. The molecule has 1 aromatic carbocycles. The molecule has 0 aliphatic carbocycles. The maximum absolute atomic E-state index is 13.9. The highest BCUT2D eigenvalue weighted by Crippen LogP contribution is 2.29. The topological polar surface area (TPSA) is 43.8 Å². The van der Waals surface area contributed by atoms with Crippen LogP contribution in [0.25, 0.3) is 0 Å². The van der Waals surface area contributed by atoms with Gasteiger partial charge >= 0.3 is 5.97 Å². The summed E-state index contributed by atoms with van der Waals surface area (Å²) < 4.78 is 27.7. The quantitative estimate of drug-likeness (QED) is 0.907. The largest absolute Gasteiger partial charge is 0.480 e. The zero-order valence-corrected chi connectivity index (χ0v) is 12.9. The predicted octanol–water partition coefficient (Wildman–Crippen LogP) is 2.51. The smallest absolute Gasteiger partial charge is 0.317 e. The number of carboxylic acid groups (broad SMARTS) is 1. The van der Waals surface area contributed by atoms with Crippen molar-refractivity contribution in [3.8, 4) is 0 Å². The summed E-state index contributed by atoms with van der Waals surface area (Å²) in [5, 5.41) is 8.83. The molecular formula is C16H22F2N2O2. The Hall–Kier alpha value is -1.53. The van der Waals surface area contributed by atoms with Crippen LogP contribution in [0.3, 0.4) is 0 Å². The van der Waals surface area contributed by atoms with Gasteiger partial charge in [-0.3, -0.25) is 14.6 Å². The van der Waals surface area contributed by atoms with Gasteiger partial charge in [0.05, 0.1) is 6.54 Å². The summed E-state index contributed by atoms with van der Waals surface area (Å²) in [5.41, 5.74) is 0.111. The highest BCUT2D eigenvalue weighted by molar-refractivity contribution is 5.69. The molecule has 6 heteroatoms. The van der Waals surface area contributed by atoms with Gasteiger partial charge in [0.1, 0.15) is 11.6 Å². The summed E-state index contributed by atoms with van der Waals surface area (Å²) in [5.74, 6) is -1.87. The third kappa shape index (κ3) is 3.81. The van der Waals surface area contributed by atoms with Crippen molar-refractivity contribution in [1.29, 1.82) is 0 Å². The maximum Gasteiger partial charge on any atom is 0.317 e. The second-order valence-corrected chi connectivity index (χ2v) is 5.89. The first-order valence-corrected chi connectivity index (χ1v) is 7.50. The zero-order valence-electron chi connectivity index (χ0n) is 12.9. The number of aliphatic carboxylic acids is 1. The van der Waals surface area contributed by atoms with Crippen LogP contribution in [0, 0.1) is 11.6 Å². The minimum atomic E-state index is -0.841. The molecule has 22 heavy (non-hydrogen) atoms. The Bertz CT molecular complexity index is 511. The second kappa shape index (κ2) is 7.15. The first kappa shape index (κ1) is 16.8. The van der Waals surface area contributed by atoms with Crippen LogP contribution in [0.1, 0.15) is 31.4 Å². The van der Waals surface area contributed by atoms with Gasteiger partial charge in [0.25, 0.3) is 0 Å². The van der Waals surface area contributed by atoms with Gasteiger partial charge in [-0.25, -0.2) is 8.78 Å². The summed E-state index contributed by atoms with van der Waals surface area (Å²) >= 11 is 0. The molecule has 1 heterocycles. The lowest BCUT2D eigenvalue weighted by Gasteiger charge is -2.39. The van der Waals surface area contributed by atoms with E-state index in [4.69, 9.17) is 5.11 Å². The molecule has 2 rings (SSSR count). The Kier molecular flexibility index (Phi) is 5.47. The number of carboxylic acids is 1. The van der Waals surface area contributed by atoms with Gasteiger partial charge in [0, 0.05) is 30.7 Å². The molecule has 0 radical (unpaired) electrons. The monoisotopic (exact) mass is 312 g/mol. The fraction of sp³-hybridized carbons (Fsp3) is 0.562. The molecule has 1 aliphatic heterocycles. The SMILES string of the molecule is C[C@@H](c1c(F)cccc1F)N1CCC(N(C)CC(=O)O)CC1. The number of nitrogens with zero attached hydrogens (tertiary/aromatic N) is 2. The summed E-state index contributed by atoms with van der Waals surface area (Å²) in [6, 6.07) is 3.80. The standard InChI is InChI=1S/C16H22F2N2O2/c1-11(16-13(17)4-3-5-14(16)18)20-8-6-12(7-9-20)19(2)10-15(21)22/h3-5,11-12H,6-10H2,1-2H3,(H,21,22)/t11-/m0/s1. The van der Waals surface area contributed by atoms with E-state index >= 15 is 0 Å². The molecule has 0 bridgehead atoms. The lowest BCUT2D eigenvalue weighted by atomic mass is 9.98. The van der Waals surface area contributed by atoms with Crippen molar-refractivity contribution in [2.45, 2.75) is 31.8 Å². The molecule has 1 fully saturated rings. The molecule has 0 spiro atoms. The van der Waals surface area contributed by atoms with E-state index in [1.807, 2.05) is 16.7 Å². The van der Waals surface area contributed by atoms with Crippen LogP contribution in [-0.2, 0) is 4.79 Å². The lowest BCUT2D eigenvalue weighted by Crippen LogP contribution is -2.45. The number of rotatable bonds is 5. The molecule has 0 unspecified atom stereocenters. The van der Waals surface area contributed by atoms with Crippen molar-refractivity contribution in [1.82, 2.24) is 9.80 Å². The van der Waals surface area contributed by atoms with Gasteiger partial charge in [-0.2, -0.15) is 0 Å². The van der Waals surface area contributed by atoms with Crippen molar-refractivity contribution in [3.63, 3.8) is 0 Å². The molecule has 1 N–H and O–H groups in total. The van der Waals surface area contributed by atoms with Gasteiger partial charge in [-0.05, 0) is 38.9 Å². The molecule has 1 saturated heterocycles. The average molecular weight is 312 g/mol. The van der Waals surface area contributed by atoms with E-state index in [2.05, 4.69) is 0 Å². The van der Waals surface area contributed by atoms with E-state index in [-0.39, 0.29) is 24.2 Å². The molecule has 4 nitrogen and oxygen atoms in total. The van der Waals surface area contributed by atoms with Crippen LogP contribution in [0.5, 0.6) is 0 Å². The van der Waals surface area contributed by atoms with E-state index < -0.39 is 17.6 Å². The molecule has 1 atom stereocenters. The number of hydrogen-bond acceptors (Lipinski definition) is 3. The van der Waals surface area contributed by atoms with Crippen LogP contribution in [0.2, 0.25) is 0 Å². The summed E-state index contributed by atoms with van der Waals surface area (Å²) in [6.45, 7) is 3.22. The molecular weight excluding hydrogens is 290 g/mol. The Morgan fingerprint density at radius 3 is 2.41 bits per heavy atom. The number of likely N-dealkylation sites (N-methyl/N-ethyl adjacent to an activating group) is 1. The molecule has 0 aromatic heterocycles. The normalized spacial score (nSPS) is 18.6. The third-order valence-electron chi connectivity index (χ3n) is 4.47. The molecule has 1 aliphatic rings. The van der Waals surface area contributed by atoms with Crippen LogP contribution < -0.4 is 0 Å². The van der Waals surface area contributed by atoms with E-state index in [1.165, 1.54) is 18.2 Å². The Labute approximate surface area is 129 Å². The number of benzene rings is 1. The van der Waals surface area contributed by atoms with Crippen molar-refractivity contribution >= 4 is 5.97 Å². The third-order valence-corrected chi connectivity index (χ3v) is 4.47. The van der Waals surface area contributed by atoms with E-state index in [9.17, 15) is 13.6 Å². The fourth-order valence-electron chi connectivity index (χ4n) is 3.15. The number of halogens is 2. The van der Waals surface area contributed by atoms with Gasteiger partial charge in [-0.15, -0.1) is 0 Å². The number of carbonyl (C=O) groups is 1. The summed E-state index contributed by atoms with van der Waals surface area (Å²) in [4.78, 5) is 14.6.